The molecule has 3 rings (SSSR count). The van der Waals surface area contributed by atoms with Crippen molar-refractivity contribution in [3.05, 3.63) is 95.5 Å². The van der Waals surface area contributed by atoms with E-state index in [9.17, 15) is 4.79 Å². The molecular weight excluding hydrogens is 432 g/mol. The summed E-state index contributed by atoms with van der Waals surface area (Å²) in [6, 6.07) is 24.0. The molecule has 3 aromatic carbocycles. The van der Waals surface area contributed by atoms with Crippen molar-refractivity contribution in [3.8, 4) is 11.5 Å². The molecule has 1 amide bonds. The van der Waals surface area contributed by atoms with Gasteiger partial charge in [0.05, 0.1) is 5.69 Å². The fourth-order valence-corrected chi connectivity index (χ4v) is 2.91. The van der Waals surface area contributed by atoms with Crippen LogP contribution in [-0.2, 0) is 4.79 Å². The Bertz CT molecular complexity index is 1040. The molecule has 3 aromatic rings. The molecule has 0 radical (unpaired) electrons. The molecule has 0 aliphatic rings. The van der Waals surface area contributed by atoms with Crippen LogP contribution >= 0.6 is 23.8 Å². The van der Waals surface area contributed by atoms with E-state index in [2.05, 4.69) is 10.6 Å². The Morgan fingerprint density at radius 3 is 2.35 bits per heavy atom. The molecular formula is C24H21ClN2O3S. The van der Waals surface area contributed by atoms with Crippen LogP contribution in [0.4, 0.5) is 5.69 Å². The lowest BCUT2D eigenvalue weighted by Gasteiger charge is -2.14. The first-order valence-electron chi connectivity index (χ1n) is 9.55. The molecule has 31 heavy (non-hydrogen) atoms. The quantitative estimate of drug-likeness (QED) is 0.275. The highest BCUT2D eigenvalue weighted by Gasteiger charge is 2.07. The van der Waals surface area contributed by atoms with Crippen LogP contribution in [0.1, 0.15) is 5.56 Å². The van der Waals surface area contributed by atoms with E-state index in [1.54, 1.807) is 18.2 Å². The minimum atomic E-state index is -0.345. The summed E-state index contributed by atoms with van der Waals surface area (Å²) in [4.78, 5) is 12.1. The number of rotatable bonds is 8. The lowest BCUT2D eigenvalue weighted by Crippen LogP contribution is -2.33. The third-order valence-corrected chi connectivity index (χ3v) is 4.48. The number of benzene rings is 3. The molecule has 0 saturated carbocycles. The molecule has 5 nitrogen and oxygen atoms in total. The van der Waals surface area contributed by atoms with E-state index in [1.165, 1.54) is 6.08 Å². The standard InChI is InChI=1S/C24H21ClN2O3S/c25-19-13-10-18(11-14-19)12-15-23(28)27-24(31)26-21-8-4-5-9-22(21)30-17-16-29-20-6-2-1-3-7-20/h1-15H,16-17H2,(H2,26,27,28,31)/b15-12+. The Morgan fingerprint density at radius 2 is 1.58 bits per heavy atom. The number of thiocarbonyl (C=S) groups is 1. The fraction of sp³-hybridized carbons (Fsp3) is 0.0833. The fourth-order valence-electron chi connectivity index (χ4n) is 2.58. The van der Waals surface area contributed by atoms with E-state index in [-0.39, 0.29) is 11.0 Å². The third-order valence-electron chi connectivity index (χ3n) is 4.02. The predicted molar refractivity (Wildman–Crippen MR) is 129 cm³/mol. The van der Waals surface area contributed by atoms with Gasteiger partial charge in [-0.05, 0) is 60.3 Å². The van der Waals surface area contributed by atoms with Gasteiger partial charge >= 0.3 is 0 Å². The second-order valence-corrected chi connectivity index (χ2v) is 7.18. The Labute approximate surface area is 191 Å². The number of para-hydroxylation sites is 3. The monoisotopic (exact) mass is 452 g/mol. The lowest BCUT2D eigenvalue weighted by atomic mass is 10.2. The summed E-state index contributed by atoms with van der Waals surface area (Å²) in [5, 5.41) is 6.41. The van der Waals surface area contributed by atoms with Crippen LogP contribution < -0.4 is 20.1 Å². The molecule has 0 saturated heterocycles. The van der Waals surface area contributed by atoms with E-state index in [4.69, 9.17) is 33.3 Å². The minimum Gasteiger partial charge on any atom is -0.490 e. The van der Waals surface area contributed by atoms with Gasteiger partial charge in [0.25, 0.3) is 0 Å². The van der Waals surface area contributed by atoms with Gasteiger partial charge in [-0.1, -0.05) is 54.1 Å². The van der Waals surface area contributed by atoms with Gasteiger partial charge in [0.1, 0.15) is 24.7 Å². The Balaban J connectivity index is 1.48. The third kappa shape index (κ3) is 7.77. The molecule has 0 aliphatic heterocycles. The van der Waals surface area contributed by atoms with Crippen LogP contribution in [0.3, 0.4) is 0 Å². The Morgan fingerprint density at radius 1 is 0.903 bits per heavy atom. The normalized spacial score (nSPS) is 10.5. The molecule has 0 aliphatic carbocycles. The summed E-state index contributed by atoms with van der Waals surface area (Å²) < 4.78 is 11.4. The van der Waals surface area contributed by atoms with Gasteiger partial charge in [0.15, 0.2) is 5.11 Å². The summed E-state index contributed by atoms with van der Waals surface area (Å²) in [5.41, 5.74) is 1.50. The molecule has 158 valence electrons. The molecule has 0 aromatic heterocycles. The van der Waals surface area contributed by atoms with Crippen molar-refractivity contribution in [2.45, 2.75) is 0 Å². The number of halogens is 1. The van der Waals surface area contributed by atoms with Crippen molar-refractivity contribution < 1.29 is 14.3 Å². The smallest absolute Gasteiger partial charge is 0.250 e. The van der Waals surface area contributed by atoms with Gasteiger partial charge in [-0.15, -0.1) is 0 Å². The molecule has 0 atom stereocenters. The summed E-state index contributed by atoms with van der Waals surface area (Å²) >= 11 is 11.1. The highest BCUT2D eigenvalue weighted by Crippen LogP contribution is 2.23. The van der Waals surface area contributed by atoms with Crippen molar-refractivity contribution >= 4 is 46.6 Å². The van der Waals surface area contributed by atoms with Crippen molar-refractivity contribution in [3.63, 3.8) is 0 Å². The molecule has 2 N–H and O–H groups in total. The van der Waals surface area contributed by atoms with E-state index in [1.807, 2.05) is 66.7 Å². The molecule has 0 heterocycles. The van der Waals surface area contributed by atoms with Gasteiger partial charge in [-0.2, -0.15) is 0 Å². The zero-order valence-corrected chi connectivity index (χ0v) is 18.2. The van der Waals surface area contributed by atoms with E-state index in [0.717, 1.165) is 11.3 Å². The number of nitrogens with one attached hydrogen (secondary N) is 2. The van der Waals surface area contributed by atoms with Crippen LogP contribution in [-0.4, -0.2) is 24.2 Å². The van der Waals surface area contributed by atoms with Gasteiger partial charge in [0.2, 0.25) is 5.91 Å². The topological polar surface area (TPSA) is 59.6 Å². The summed E-state index contributed by atoms with van der Waals surface area (Å²) in [7, 11) is 0. The van der Waals surface area contributed by atoms with Crippen LogP contribution in [0.15, 0.2) is 84.9 Å². The largest absolute Gasteiger partial charge is 0.490 e. The van der Waals surface area contributed by atoms with Crippen molar-refractivity contribution in [2.24, 2.45) is 0 Å². The number of ether oxygens (including phenoxy) is 2. The van der Waals surface area contributed by atoms with Gasteiger partial charge in [0, 0.05) is 11.1 Å². The maximum absolute atomic E-state index is 12.1. The number of anilines is 1. The first kappa shape index (κ1) is 22.3. The number of carbonyl (C=O) groups is 1. The Kier molecular flexibility index (Phi) is 8.46. The molecule has 0 unspecified atom stereocenters. The summed E-state index contributed by atoms with van der Waals surface area (Å²) in [6.45, 7) is 0.756. The lowest BCUT2D eigenvalue weighted by molar-refractivity contribution is -0.115. The predicted octanol–water partition coefficient (Wildman–Crippen LogP) is 5.32. The first-order valence-corrected chi connectivity index (χ1v) is 10.3. The van der Waals surface area contributed by atoms with Crippen LogP contribution in [0.5, 0.6) is 11.5 Å². The zero-order chi connectivity index (χ0) is 21.9. The van der Waals surface area contributed by atoms with Crippen LogP contribution in [0, 0.1) is 0 Å². The highest BCUT2D eigenvalue weighted by atomic mass is 35.5. The summed E-state index contributed by atoms with van der Waals surface area (Å²) in [5.74, 6) is 1.04. The second-order valence-electron chi connectivity index (χ2n) is 6.33. The maximum Gasteiger partial charge on any atom is 0.250 e. The van der Waals surface area contributed by atoms with Crippen LogP contribution in [0.25, 0.3) is 6.08 Å². The number of hydrogen-bond donors (Lipinski definition) is 2. The van der Waals surface area contributed by atoms with Gasteiger partial charge < -0.3 is 14.8 Å². The average molecular weight is 453 g/mol. The summed E-state index contributed by atoms with van der Waals surface area (Å²) in [6.07, 6.45) is 3.08. The van der Waals surface area contributed by atoms with Crippen molar-refractivity contribution in [1.82, 2.24) is 5.32 Å². The minimum absolute atomic E-state index is 0.169. The zero-order valence-electron chi connectivity index (χ0n) is 16.6. The molecule has 0 bridgehead atoms. The van der Waals surface area contributed by atoms with E-state index >= 15 is 0 Å². The van der Waals surface area contributed by atoms with E-state index in [0.29, 0.717) is 29.7 Å². The highest BCUT2D eigenvalue weighted by molar-refractivity contribution is 7.80. The number of carbonyl (C=O) groups excluding carboxylic acids is 1. The SMILES string of the molecule is O=C(/C=C/c1ccc(Cl)cc1)NC(=S)Nc1ccccc1OCCOc1ccccc1. The second kappa shape index (κ2) is 11.7. The maximum atomic E-state index is 12.1. The number of hydrogen-bond acceptors (Lipinski definition) is 4. The van der Waals surface area contributed by atoms with Gasteiger partial charge in [-0.25, -0.2) is 0 Å². The first-order chi connectivity index (χ1) is 15.1. The Hall–Kier alpha value is -3.35. The molecule has 0 fully saturated rings. The molecule has 0 spiro atoms. The number of amides is 1. The van der Waals surface area contributed by atoms with Crippen molar-refractivity contribution in [2.75, 3.05) is 18.5 Å². The van der Waals surface area contributed by atoms with E-state index < -0.39 is 0 Å². The van der Waals surface area contributed by atoms with Gasteiger partial charge in [-0.3, -0.25) is 10.1 Å². The van der Waals surface area contributed by atoms with Crippen molar-refractivity contribution in [1.29, 1.82) is 0 Å². The van der Waals surface area contributed by atoms with Crippen LogP contribution in [0.2, 0.25) is 5.02 Å². The average Bonchev–Trinajstić information content (AvgIpc) is 2.78. The molecule has 7 heteroatoms.